The number of amides is 4. The van der Waals surface area contributed by atoms with Gasteiger partial charge >= 0.3 is 6.03 Å². The van der Waals surface area contributed by atoms with Crippen molar-refractivity contribution in [3.8, 4) is 0 Å². The molecule has 2 aromatic carbocycles. The summed E-state index contributed by atoms with van der Waals surface area (Å²) in [6.07, 6.45) is 0. The van der Waals surface area contributed by atoms with Crippen molar-refractivity contribution in [2.24, 2.45) is 0 Å². The number of rotatable bonds is 7. The predicted octanol–water partition coefficient (Wildman–Crippen LogP) is 3.07. The van der Waals surface area contributed by atoms with Crippen LogP contribution in [0.25, 0.3) is 0 Å². The maximum Gasteiger partial charge on any atom is 0.321 e. The van der Waals surface area contributed by atoms with Crippen molar-refractivity contribution in [2.75, 3.05) is 25.5 Å². The van der Waals surface area contributed by atoms with Crippen LogP contribution >= 0.6 is 0 Å². The minimum Gasteiger partial charge on any atom is -0.338 e. The average molecular weight is 411 g/mol. The molecule has 7 nitrogen and oxygen atoms in total. The number of benzene rings is 2. The Labute approximate surface area is 177 Å². The smallest absolute Gasteiger partial charge is 0.321 e. The van der Waals surface area contributed by atoms with E-state index in [1.807, 2.05) is 51.1 Å². The van der Waals surface area contributed by atoms with Crippen molar-refractivity contribution in [2.45, 2.75) is 33.7 Å². The number of carbonyl (C=O) groups excluding carboxylic acids is 3. The fourth-order valence-corrected chi connectivity index (χ4v) is 3.50. The number of aryl methyl sites for hydroxylation is 3. The van der Waals surface area contributed by atoms with E-state index < -0.39 is 18.0 Å². The van der Waals surface area contributed by atoms with Gasteiger partial charge in [-0.1, -0.05) is 48.0 Å². The normalized spacial score (nSPS) is 11.7. The number of hydrogen-bond acceptors (Lipinski definition) is 4. The molecule has 7 heteroatoms. The minimum absolute atomic E-state index is 0.0187. The Bertz CT molecular complexity index is 889. The highest BCUT2D eigenvalue weighted by atomic mass is 16.2. The zero-order chi connectivity index (χ0) is 22.3. The van der Waals surface area contributed by atoms with E-state index in [0.29, 0.717) is 12.1 Å². The Morgan fingerprint density at radius 3 is 2.17 bits per heavy atom. The zero-order valence-corrected chi connectivity index (χ0v) is 18.2. The SMILES string of the molecule is CCNC(=O)NC(=O)[C@H](c1ccccc1)N(C)CC(=O)Nc1c(C)cc(C)cc1C. The highest BCUT2D eigenvalue weighted by Gasteiger charge is 2.28. The predicted molar refractivity (Wildman–Crippen MR) is 118 cm³/mol. The maximum atomic E-state index is 12.8. The van der Waals surface area contributed by atoms with Gasteiger partial charge in [0.15, 0.2) is 0 Å². The van der Waals surface area contributed by atoms with E-state index in [1.165, 1.54) is 0 Å². The molecule has 2 rings (SSSR count). The molecule has 160 valence electrons. The second kappa shape index (κ2) is 10.5. The summed E-state index contributed by atoms with van der Waals surface area (Å²) in [5, 5.41) is 7.84. The van der Waals surface area contributed by atoms with Crippen LogP contribution in [0.2, 0.25) is 0 Å². The van der Waals surface area contributed by atoms with Crippen LogP contribution in [0.5, 0.6) is 0 Å². The first-order valence-electron chi connectivity index (χ1n) is 9.94. The first kappa shape index (κ1) is 23.1. The van der Waals surface area contributed by atoms with Gasteiger partial charge in [-0.15, -0.1) is 0 Å². The van der Waals surface area contributed by atoms with Crippen molar-refractivity contribution in [3.05, 3.63) is 64.7 Å². The first-order valence-corrected chi connectivity index (χ1v) is 9.94. The Balaban J connectivity index is 2.17. The topological polar surface area (TPSA) is 90.5 Å². The lowest BCUT2D eigenvalue weighted by molar-refractivity contribution is -0.126. The van der Waals surface area contributed by atoms with E-state index in [2.05, 4.69) is 16.0 Å². The molecule has 0 heterocycles. The number of likely N-dealkylation sites (N-methyl/N-ethyl adjacent to an activating group) is 1. The molecular weight excluding hydrogens is 380 g/mol. The number of carbonyl (C=O) groups is 3. The van der Waals surface area contributed by atoms with Crippen LogP contribution in [0.3, 0.4) is 0 Å². The fraction of sp³-hybridized carbons (Fsp3) is 0.348. The molecule has 0 aliphatic rings. The summed E-state index contributed by atoms with van der Waals surface area (Å²) in [6, 6.07) is 11.7. The summed E-state index contributed by atoms with van der Waals surface area (Å²) >= 11 is 0. The summed E-state index contributed by atoms with van der Waals surface area (Å²) in [4.78, 5) is 39.0. The quantitative estimate of drug-likeness (QED) is 0.654. The summed E-state index contributed by atoms with van der Waals surface area (Å²) in [5.41, 5.74) is 4.57. The second-order valence-electron chi connectivity index (χ2n) is 7.40. The number of nitrogens with zero attached hydrogens (tertiary/aromatic N) is 1. The average Bonchev–Trinajstić information content (AvgIpc) is 2.65. The molecule has 0 bridgehead atoms. The molecule has 0 aliphatic carbocycles. The molecule has 2 aromatic rings. The van der Waals surface area contributed by atoms with Gasteiger partial charge in [0, 0.05) is 12.2 Å². The third-order valence-electron chi connectivity index (χ3n) is 4.71. The van der Waals surface area contributed by atoms with E-state index in [9.17, 15) is 14.4 Å². The Morgan fingerprint density at radius 1 is 1.00 bits per heavy atom. The van der Waals surface area contributed by atoms with E-state index in [4.69, 9.17) is 0 Å². The van der Waals surface area contributed by atoms with Crippen molar-refractivity contribution in [3.63, 3.8) is 0 Å². The van der Waals surface area contributed by atoms with Crippen molar-refractivity contribution in [1.82, 2.24) is 15.5 Å². The van der Waals surface area contributed by atoms with Gasteiger partial charge in [-0.25, -0.2) is 4.79 Å². The largest absolute Gasteiger partial charge is 0.338 e. The molecule has 0 spiro atoms. The van der Waals surface area contributed by atoms with Gasteiger partial charge in [0.1, 0.15) is 6.04 Å². The highest BCUT2D eigenvalue weighted by molar-refractivity contribution is 5.98. The summed E-state index contributed by atoms with van der Waals surface area (Å²) in [7, 11) is 1.68. The number of anilines is 1. The summed E-state index contributed by atoms with van der Waals surface area (Å²) in [6.45, 7) is 8.07. The van der Waals surface area contributed by atoms with Gasteiger partial charge in [0.2, 0.25) is 11.8 Å². The van der Waals surface area contributed by atoms with Gasteiger partial charge in [-0.05, 0) is 51.4 Å². The second-order valence-corrected chi connectivity index (χ2v) is 7.40. The molecule has 0 saturated carbocycles. The van der Waals surface area contributed by atoms with Crippen LogP contribution in [-0.2, 0) is 9.59 Å². The van der Waals surface area contributed by atoms with Crippen LogP contribution in [0.1, 0.15) is 35.2 Å². The number of imide groups is 1. The minimum atomic E-state index is -0.792. The van der Waals surface area contributed by atoms with Gasteiger partial charge in [-0.2, -0.15) is 0 Å². The van der Waals surface area contributed by atoms with Crippen LogP contribution in [0.15, 0.2) is 42.5 Å². The molecule has 1 atom stereocenters. The lowest BCUT2D eigenvalue weighted by Crippen LogP contribution is -2.46. The van der Waals surface area contributed by atoms with Crippen LogP contribution < -0.4 is 16.0 Å². The Morgan fingerprint density at radius 2 is 1.60 bits per heavy atom. The van der Waals surface area contributed by atoms with Crippen molar-refractivity contribution >= 4 is 23.5 Å². The van der Waals surface area contributed by atoms with Gasteiger partial charge in [0.25, 0.3) is 0 Å². The van der Waals surface area contributed by atoms with Gasteiger partial charge < -0.3 is 10.6 Å². The molecule has 0 aromatic heterocycles. The molecule has 0 radical (unpaired) electrons. The Kier molecular flexibility index (Phi) is 8.12. The maximum absolute atomic E-state index is 12.8. The van der Waals surface area contributed by atoms with Gasteiger partial charge in [0.05, 0.1) is 6.54 Å². The summed E-state index contributed by atoms with van der Waals surface area (Å²) in [5.74, 6) is -0.732. The van der Waals surface area contributed by atoms with E-state index in [1.54, 1.807) is 31.0 Å². The number of urea groups is 1. The standard InChI is InChI=1S/C23H30N4O3/c1-6-24-23(30)26-22(29)21(18-10-8-7-9-11-18)27(5)14-19(28)25-20-16(3)12-15(2)13-17(20)4/h7-13,21H,6,14H2,1-5H3,(H,25,28)(H2,24,26,29,30)/t21-/m0/s1. The summed E-state index contributed by atoms with van der Waals surface area (Å²) < 4.78 is 0. The third kappa shape index (κ3) is 6.15. The lowest BCUT2D eigenvalue weighted by atomic mass is 10.0. The number of nitrogens with one attached hydrogen (secondary N) is 3. The van der Waals surface area contributed by atoms with E-state index in [-0.39, 0.29) is 12.5 Å². The van der Waals surface area contributed by atoms with Crippen LogP contribution in [0.4, 0.5) is 10.5 Å². The molecule has 0 aliphatic heterocycles. The van der Waals surface area contributed by atoms with E-state index in [0.717, 1.165) is 22.4 Å². The molecule has 3 N–H and O–H groups in total. The zero-order valence-electron chi connectivity index (χ0n) is 18.2. The van der Waals surface area contributed by atoms with Crippen molar-refractivity contribution < 1.29 is 14.4 Å². The molecule has 0 fully saturated rings. The third-order valence-corrected chi connectivity index (χ3v) is 4.71. The van der Waals surface area contributed by atoms with E-state index >= 15 is 0 Å². The number of hydrogen-bond donors (Lipinski definition) is 3. The molecule has 0 saturated heterocycles. The van der Waals surface area contributed by atoms with Gasteiger partial charge in [-0.3, -0.25) is 19.8 Å². The molecular formula is C23H30N4O3. The van der Waals surface area contributed by atoms with Crippen LogP contribution in [-0.4, -0.2) is 42.9 Å². The lowest BCUT2D eigenvalue weighted by Gasteiger charge is -2.27. The Hall–Kier alpha value is -3.19. The molecule has 0 unspecified atom stereocenters. The fourth-order valence-electron chi connectivity index (χ4n) is 3.50. The van der Waals surface area contributed by atoms with Crippen LogP contribution in [0, 0.1) is 20.8 Å². The monoisotopic (exact) mass is 410 g/mol. The highest BCUT2D eigenvalue weighted by Crippen LogP contribution is 2.23. The first-order chi connectivity index (χ1) is 14.2. The molecule has 30 heavy (non-hydrogen) atoms. The van der Waals surface area contributed by atoms with Crippen molar-refractivity contribution in [1.29, 1.82) is 0 Å². The molecule has 4 amide bonds.